The van der Waals surface area contributed by atoms with Gasteiger partial charge >= 0.3 is 0 Å². The van der Waals surface area contributed by atoms with Gasteiger partial charge in [0.2, 0.25) is 0 Å². The maximum absolute atomic E-state index is 14.4. The first-order valence-corrected chi connectivity index (χ1v) is 8.28. The van der Waals surface area contributed by atoms with E-state index >= 15 is 0 Å². The fourth-order valence-electron chi connectivity index (χ4n) is 2.35. The van der Waals surface area contributed by atoms with Crippen molar-refractivity contribution in [1.29, 1.82) is 0 Å². The Labute approximate surface area is 153 Å². The third-order valence-corrected chi connectivity index (χ3v) is 4.68. The minimum atomic E-state index is -1.08. The van der Waals surface area contributed by atoms with Crippen molar-refractivity contribution in [2.24, 2.45) is 5.41 Å². The van der Waals surface area contributed by atoms with Gasteiger partial charge < -0.3 is 5.32 Å². The summed E-state index contributed by atoms with van der Waals surface area (Å²) in [7, 11) is 0. The van der Waals surface area contributed by atoms with Crippen molar-refractivity contribution in [3.63, 3.8) is 0 Å². The molecule has 0 spiro atoms. The average molecular weight is 384 g/mol. The third-order valence-electron chi connectivity index (χ3n) is 4.31. The van der Waals surface area contributed by atoms with Gasteiger partial charge in [-0.05, 0) is 12.3 Å². The van der Waals surface area contributed by atoms with Gasteiger partial charge in [0.25, 0.3) is 5.78 Å². The highest BCUT2D eigenvalue weighted by atomic mass is 35.5. The van der Waals surface area contributed by atoms with E-state index in [9.17, 15) is 13.2 Å². The van der Waals surface area contributed by atoms with Crippen molar-refractivity contribution in [3.05, 3.63) is 41.1 Å². The number of hydrogen-bond acceptors (Lipinski definition) is 4. The molecule has 0 bridgehead atoms. The van der Waals surface area contributed by atoms with Gasteiger partial charge in [0.05, 0.1) is 11.1 Å². The molecule has 0 saturated carbocycles. The number of nitrogens with zero attached hydrogens (tertiary/aromatic N) is 4. The summed E-state index contributed by atoms with van der Waals surface area (Å²) in [5, 5.41) is 10.7. The van der Waals surface area contributed by atoms with Crippen molar-refractivity contribution in [2.75, 3.05) is 5.32 Å². The molecule has 1 N–H and O–H groups in total. The molecule has 3 aromatic rings. The predicted molar refractivity (Wildman–Crippen MR) is 93.6 cm³/mol. The molecule has 2 aromatic heterocycles. The zero-order chi connectivity index (χ0) is 19.2. The number of fused-ring (bicyclic) bond motifs is 1. The molecular formula is C17H17ClF3N5. The molecule has 9 heteroatoms. The van der Waals surface area contributed by atoms with Crippen LogP contribution in [0, 0.1) is 22.9 Å². The molecule has 0 unspecified atom stereocenters. The number of anilines is 1. The van der Waals surface area contributed by atoms with Gasteiger partial charge in [-0.1, -0.05) is 32.4 Å². The summed E-state index contributed by atoms with van der Waals surface area (Å²) in [5.41, 5.74) is -0.668. The SMILES string of the molecule is C[C@@H](Nc1nc2nncn2c(Cl)c1-c1c(F)cc(F)cc1F)C(C)(C)C. The number of benzene rings is 1. The summed E-state index contributed by atoms with van der Waals surface area (Å²) < 4.78 is 43.5. The largest absolute Gasteiger partial charge is 0.366 e. The van der Waals surface area contributed by atoms with Gasteiger partial charge in [-0.25, -0.2) is 13.2 Å². The number of rotatable bonds is 3. The van der Waals surface area contributed by atoms with Crippen LogP contribution in [0.2, 0.25) is 5.15 Å². The Morgan fingerprint density at radius 1 is 1.12 bits per heavy atom. The molecule has 138 valence electrons. The molecule has 0 saturated heterocycles. The van der Waals surface area contributed by atoms with E-state index in [-0.39, 0.29) is 33.8 Å². The van der Waals surface area contributed by atoms with E-state index in [2.05, 4.69) is 20.5 Å². The zero-order valence-corrected chi connectivity index (χ0v) is 15.4. The maximum atomic E-state index is 14.4. The van der Waals surface area contributed by atoms with Crippen molar-refractivity contribution in [1.82, 2.24) is 19.6 Å². The second-order valence-corrected chi connectivity index (χ2v) is 7.46. The summed E-state index contributed by atoms with van der Waals surface area (Å²) in [6.45, 7) is 7.91. The van der Waals surface area contributed by atoms with E-state index in [4.69, 9.17) is 11.6 Å². The molecule has 5 nitrogen and oxygen atoms in total. The Balaban J connectivity index is 2.29. The van der Waals surface area contributed by atoms with E-state index in [1.165, 1.54) is 10.7 Å². The lowest BCUT2D eigenvalue weighted by molar-refractivity contribution is 0.359. The number of halogens is 4. The van der Waals surface area contributed by atoms with Crippen LogP contribution < -0.4 is 5.32 Å². The van der Waals surface area contributed by atoms with E-state index in [0.29, 0.717) is 12.1 Å². The summed E-state index contributed by atoms with van der Waals surface area (Å²) in [4.78, 5) is 4.30. The summed E-state index contributed by atoms with van der Waals surface area (Å²) in [5.74, 6) is -2.86. The molecule has 3 rings (SSSR count). The second kappa shape index (κ2) is 6.42. The number of nitrogens with one attached hydrogen (secondary N) is 1. The van der Waals surface area contributed by atoms with Crippen molar-refractivity contribution >= 4 is 23.2 Å². The molecule has 26 heavy (non-hydrogen) atoms. The molecule has 2 heterocycles. The van der Waals surface area contributed by atoms with Crippen LogP contribution in [0.15, 0.2) is 18.5 Å². The third kappa shape index (κ3) is 3.21. The van der Waals surface area contributed by atoms with Crippen LogP contribution in [-0.4, -0.2) is 25.6 Å². The highest BCUT2D eigenvalue weighted by Gasteiger charge is 2.27. The van der Waals surface area contributed by atoms with E-state index in [1.54, 1.807) is 0 Å². The summed E-state index contributed by atoms with van der Waals surface area (Å²) in [6, 6.07) is 1.08. The Morgan fingerprint density at radius 3 is 2.31 bits per heavy atom. The van der Waals surface area contributed by atoms with Crippen LogP contribution >= 0.6 is 11.6 Å². The maximum Gasteiger partial charge on any atom is 0.257 e. The Morgan fingerprint density at radius 2 is 1.73 bits per heavy atom. The Hall–Kier alpha value is -2.35. The number of hydrogen-bond donors (Lipinski definition) is 1. The smallest absolute Gasteiger partial charge is 0.257 e. The normalized spacial score (nSPS) is 13.2. The van der Waals surface area contributed by atoms with Gasteiger partial charge in [-0.15, -0.1) is 10.2 Å². The quantitative estimate of drug-likeness (QED) is 0.665. The molecule has 1 aromatic carbocycles. The highest BCUT2D eigenvalue weighted by Crippen LogP contribution is 2.38. The zero-order valence-electron chi connectivity index (χ0n) is 14.6. The lowest BCUT2D eigenvalue weighted by Gasteiger charge is -2.29. The van der Waals surface area contributed by atoms with Crippen LogP contribution in [0.1, 0.15) is 27.7 Å². The monoisotopic (exact) mass is 383 g/mol. The lowest BCUT2D eigenvalue weighted by atomic mass is 9.88. The molecule has 0 fully saturated rings. The highest BCUT2D eigenvalue weighted by molar-refractivity contribution is 6.33. The van der Waals surface area contributed by atoms with Gasteiger partial charge in [0.1, 0.15) is 34.7 Å². The van der Waals surface area contributed by atoms with Crippen LogP contribution in [0.3, 0.4) is 0 Å². The molecule has 0 amide bonds. The minimum Gasteiger partial charge on any atom is -0.366 e. The Kier molecular flexibility index (Phi) is 4.56. The first-order chi connectivity index (χ1) is 12.1. The van der Waals surface area contributed by atoms with Crippen LogP contribution in [0.4, 0.5) is 19.0 Å². The predicted octanol–water partition coefficient (Wildman–Crippen LogP) is 4.71. The molecule has 0 radical (unpaired) electrons. The Bertz CT molecular complexity index is 957. The lowest BCUT2D eigenvalue weighted by Crippen LogP contribution is -2.31. The van der Waals surface area contributed by atoms with E-state index in [0.717, 1.165) is 0 Å². The first kappa shape index (κ1) is 18.4. The fraction of sp³-hybridized carbons (Fsp3) is 0.353. The minimum absolute atomic E-state index is 0.0231. The molecule has 0 aliphatic carbocycles. The van der Waals surface area contributed by atoms with E-state index in [1.807, 2.05) is 27.7 Å². The van der Waals surface area contributed by atoms with Gasteiger partial charge in [0, 0.05) is 18.2 Å². The summed E-state index contributed by atoms with van der Waals surface area (Å²) in [6.07, 6.45) is 1.28. The van der Waals surface area contributed by atoms with Crippen LogP contribution in [-0.2, 0) is 0 Å². The second-order valence-electron chi connectivity index (χ2n) is 7.10. The van der Waals surface area contributed by atoms with Crippen molar-refractivity contribution in [3.8, 4) is 11.1 Å². The fourth-order valence-corrected chi connectivity index (χ4v) is 2.65. The summed E-state index contributed by atoms with van der Waals surface area (Å²) >= 11 is 6.38. The van der Waals surface area contributed by atoms with Gasteiger partial charge in [-0.2, -0.15) is 4.98 Å². The van der Waals surface area contributed by atoms with Gasteiger partial charge in [0.15, 0.2) is 0 Å². The molecule has 1 atom stereocenters. The van der Waals surface area contributed by atoms with Crippen LogP contribution in [0.25, 0.3) is 16.9 Å². The topological polar surface area (TPSA) is 55.1 Å². The molecule has 0 aliphatic rings. The van der Waals surface area contributed by atoms with Crippen LogP contribution in [0.5, 0.6) is 0 Å². The van der Waals surface area contributed by atoms with E-state index < -0.39 is 23.0 Å². The molecule has 0 aliphatic heterocycles. The molecular weight excluding hydrogens is 367 g/mol. The first-order valence-electron chi connectivity index (χ1n) is 7.90. The van der Waals surface area contributed by atoms with Crippen molar-refractivity contribution < 1.29 is 13.2 Å². The van der Waals surface area contributed by atoms with Crippen molar-refractivity contribution in [2.45, 2.75) is 33.7 Å². The average Bonchev–Trinajstić information content (AvgIpc) is 2.96. The van der Waals surface area contributed by atoms with Gasteiger partial charge in [-0.3, -0.25) is 4.40 Å². The number of aromatic nitrogens is 4. The standard InChI is InChI=1S/C17H17ClF3N5/c1-8(17(2,3)4)23-15-13(12-10(20)5-9(19)6-11(12)21)14(18)26-7-22-25-16(26)24-15/h5-8H,1-4H3,(H,23,24,25)/t8-/m1/s1.